The van der Waals surface area contributed by atoms with E-state index in [1.54, 1.807) is 6.07 Å². The molecule has 2 aromatic rings. The lowest BCUT2D eigenvalue weighted by Crippen LogP contribution is -2.37. The van der Waals surface area contributed by atoms with Gasteiger partial charge in [0.2, 0.25) is 0 Å². The zero-order chi connectivity index (χ0) is 27.3. The highest BCUT2D eigenvalue weighted by molar-refractivity contribution is 5.56. The summed E-state index contributed by atoms with van der Waals surface area (Å²) in [6, 6.07) is 16.1. The molecule has 208 valence electrons. The van der Waals surface area contributed by atoms with Gasteiger partial charge in [-0.3, -0.25) is 0 Å². The molecule has 0 saturated carbocycles. The van der Waals surface area contributed by atoms with E-state index in [2.05, 4.69) is 37.9 Å². The lowest BCUT2D eigenvalue weighted by atomic mass is 9.79. The molecule has 0 aromatic heterocycles. The fourth-order valence-corrected chi connectivity index (χ4v) is 5.07. The van der Waals surface area contributed by atoms with Crippen molar-refractivity contribution in [3.8, 4) is 0 Å². The quantitative estimate of drug-likeness (QED) is 0.404. The maximum atomic E-state index is 13.1. The summed E-state index contributed by atoms with van der Waals surface area (Å²) in [7, 11) is 0. The number of alkyl halides is 3. The molecule has 1 fully saturated rings. The average Bonchev–Trinajstić information content (AvgIpc) is 2.90. The number of aliphatic hydroxyl groups excluding tert-OH is 1. The maximum Gasteiger partial charge on any atom is 0.416 e. The summed E-state index contributed by atoms with van der Waals surface area (Å²) in [6.45, 7) is 12.9. The van der Waals surface area contributed by atoms with Gasteiger partial charge in [-0.05, 0) is 86.2 Å². The Morgan fingerprint density at radius 3 is 2.11 bits per heavy atom. The van der Waals surface area contributed by atoms with Crippen LogP contribution < -0.4 is 5.32 Å². The number of hydrogen-bond donors (Lipinski definition) is 2. The van der Waals surface area contributed by atoms with Gasteiger partial charge in [-0.1, -0.05) is 70.5 Å². The van der Waals surface area contributed by atoms with E-state index in [0.29, 0.717) is 24.4 Å². The van der Waals surface area contributed by atoms with Crippen molar-refractivity contribution in [1.29, 1.82) is 0 Å². The summed E-state index contributed by atoms with van der Waals surface area (Å²) >= 11 is 0. The minimum absolute atomic E-state index is 0.131. The third-order valence-corrected chi connectivity index (χ3v) is 7.36. The Balaban J connectivity index is 0.000000454. The van der Waals surface area contributed by atoms with Crippen LogP contribution in [0.25, 0.3) is 0 Å². The van der Waals surface area contributed by atoms with E-state index in [9.17, 15) is 18.3 Å². The molecule has 1 saturated heterocycles. The van der Waals surface area contributed by atoms with E-state index in [1.165, 1.54) is 18.6 Å². The summed E-state index contributed by atoms with van der Waals surface area (Å²) < 4.78 is 39.2. The van der Waals surface area contributed by atoms with Gasteiger partial charge in [0, 0.05) is 25.4 Å². The highest BCUT2D eigenvalue weighted by Crippen LogP contribution is 2.41. The molecule has 3 nitrogen and oxygen atoms in total. The highest BCUT2D eigenvalue weighted by Gasteiger charge is 2.34. The minimum Gasteiger partial charge on any atom is -0.396 e. The molecule has 0 amide bonds. The van der Waals surface area contributed by atoms with E-state index in [4.69, 9.17) is 0 Å². The SMILES string of the molecule is CC(CCC1CNc2ccc(C(F)(F)F)cc2C1C)CN1CCC(CO)CC1.CCC.c1ccccc1. The first kappa shape index (κ1) is 31.2. The zero-order valence-electron chi connectivity index (χ0n) is 23.1. The van der Waals surface area contributed by atoms with Gasteiger partial charge < -0.3 is 15.3 Å². The van der Waals surface area contributed by atoms with Crippen LogP contribution >= 0.6 is 0 Å². The highest BCUT2D eigenvalue weighted by atomic mass is 19.4. The van der Waals surface area contributed by atoms with Crippen molar-refractivity contribution in [2.75, 3.05) is 38.1 Å². The third-order valence-electron chi connectivity index (χ3n) is 7.36. The second kappa shape index (κ2) is 16.0. The van der Waals surface area contributed by atoms with Crippen LogP contribution in [0.15, 0.2) is 54.6 Å². The smallest absolute Gasteiger partial charge is 0.396 e. The van der Waals surface area contributed by atoms with Gasteiger partial charge in [-0.25, -0.2) is 0 Å². The first-order valence-electron chi connectivity index (χ1n) is 14.0. The number of benzene rings is 2. The number of nitrogens with zero attached hydrogens (tertiary/aromatic N) is 1. The van der Waals surface area contributed by atoms with Crippen molar-refractivity contribution < 1.29 is 18.3 Å². The standard InChI is InChI=1S/C22H33F3N2O.C6H6.C3H8/c1-15(13-27-9-7-17(14-28)8-10-27)3-4-18-12-26-21-6-5-19(22(23,24)25)11-20(21)16(18)2;1-2-4-6-5-3-1;1-3-2/h5-6,11,15-18,26,28H,3-4,7-10,12-14H2,1-2H3;1-6H;3H2,1-2H3. The van der Waals surface area contributed by atoms with Gasteiger partial charge in [0.25, 0.3) is 0 Å². The molecule has 0 spiro atoms. The summed E-state index contributed by atoms with van der Waals surface area (Å²) in [4.78, 5) is 2.49. The monoisotopic (exact) mass is 520 g/mol. The topological polar surface area (TPSA) is 35.5 Å². The number of halogens is 3. The summed E-state index contributed by atoms with van der Waals surface area (Å²) in [5.74, 6) is 1.52. The van der Waals surface area contributed by atoms with Crippen LogP contribution in [0.2, 0.25) is 0 Å². The molecular weight excluding hydrogens is 473 g/mol. The molecule has 2 N–H and O–H groups in total. The first-order chi connectivity index (χ1) is 17.7. The molecule has 3 atom stereocenters. The predicted octanol–water partition coefficient (Wildman–Crippen LogP) is 8.07. The van der Waals surface area contributed by atoms with E-state index < -0.39 is 11.7 Å². The molecule has 4 rings (SSSR count). The number of hydrogen-bond acceptors (Lipinski definition) is 3. The summed E-state index contributed by atoms with van der Waals surface area (Å²) in [5, 5.41) is 12.6. The summed E-state index contributed by atoms with van der Waals surface area (Å²) in [6.07, 6.45) is 1.22. The van der Waals surface area contributed by atoms with Gasteiger partial charge >= 0.3 is 6.18 Å². The second-order valence-electron chi connectivity index (χ2n) is 10.7. The lowest BCUT2D eigenvalue weighted by Gasteiger charge is -2.35. The summed E-state index contributed by atoms with van der Waals surface area (Å²) in [5.41, 5.74) is 1.08. The lowest BCUT2D eigenvalue weighted by molar-refractivity contribution is -0.137. The van der Waals surface area contributed by atoms with E-state index in [1.807, 2.05) is 36.4 Å². The molecule has 2 aliphatic rings. The van der Waals surface area contributed by atoms with Gasteiger partial charge in [0.1, 0.15) is 0 Å². The van der Waals surface area contributed by atoms with Crippen molar-refractivity contribution in [2.45, 2.75) is 71.9 Å². The fraction of sp³-hybridized carbons (Fsp3) is 0.613. The predicted molar refractivity (Wildman–Crippen MR) is 149 cm³/mol. The molecule has 0 radical (unpaired) electrons. The number of rotatable bonds is 6. The van der Waals surface area contributed by atoms with Gasteiger partial charge in [-0.2, -0.15) is 13.2 Å². The largest absolute Gasteiger partial charge is 0.416 e. The molecule has 2 heterocycles. The Kier molecular flexibility index (Phi) is 13.5. The van der Waals surface area contributed by atoms with Crippen LogP contribution in [0.5, 0.6) is 0 Å². The number of piperidine rings is 1. The van der Waals surface area contributed by atoms with Crippen molar-refractivity contribution in [2.24, 2.45) is 17.8 Å². The average molecular weight is 521 g/mol. The minimum atomic E-state index is -4.29. The third kappa shape index (κ3) is 10.7. The Bertz CT molecular complexity index is 840. The van der Waals surface area contributed by atoms with Crippen LogP contribution in [0, 0.1) is 17.8 Å². The number of likely N-dealkylation sites (tertiary alicyclic amines) is 1. The van der Waals surface area contributed by atoms with Crippen molar-refractivity contribution in [3.63, 3.8) is 0 Å². The Hall–Kier alpha value is -2.05. The number of fused-ring (bicyclic) bond motifs is 1. The molecule has 3 unspecified atom stereocenters. The van der Waals surface area contributed by atoms with Crippen LogP contribution in [0.1, 0.15) is 76.8 Å². The fourth-order valence-electron chi connectivity index (χ4n) is 5.07. The maximum absolute atomic E-state index is 13.1. The van der Waals surface area contributed by atoms with Crippen LogP contribution in [-0.2, 0) is 6.18 Å². The second-order valence-corrected chi connectivity index (χ2v) is 10.7. The van der Waals surface area contributed by atoms with E-state index in [0.717, 1.165) is 63.1 Å². The normalized spacial score (nSPS) is 20.9. The molecular formula is C31H47F3N2O. The van der Waals surface area contributed by atoms with Crippen molar-refractivity contribution in [3.05, 3.63) is 65.7 Å². The van der Waals surface area contributed by atoms with Crippen molar-refractivity contribution in [1.82, 2.24) is 4.90 Å². The Morgan fingerprint density at radius 1 is 1.03 bits per heavy atom. The molecule has 0 aliphatic carbocycles. The number of aliphatic hydroxyl groups is 1. The first-order valence-corrected chi connectivity index (χ1v) is 14.0. The van der Waals surface area contributed by atoms with E-state index in [-0.39, 0.29) is 5.92 Å². The number of anilines is 1. The molecule has 2 aliphatic heterocycles. The van der Waals surface area contributed by atoms with E-state index >= 15 is 0 Å². The van der Waals surface area contributed by atoms with Gasteiger partial charge in [0.05, 0.1) is 5.56 Å². The van der Waals surface area contributed by atoms with Crippen LogP contribution in [-0.4, -0.2) is 42.8 Å². The van der Waals surface area contributed by atoms with Crippen LogP contribution in [0.4, 0.5) is 18.9 Å². The van der Waals surface area contributed by atoms with Gasteiger partial charge in [0.15, 0.2) is 0 Å². The van der Waals surface area contributed by atoms with Crippen LogP contribution in [0.3, 0.4) is 0 Å². The Labute approximate surface area is 222 Å². The van der Waals surface area contributed by atoms with Gasteiger partial charge in [-0.15, -0.1) is 0 Å². The molecule has 37 heavy (non-hydrogen) atoms. The van der Waals surface area contributed by atoms with Crippen molar-refractivity contribution >= 4 is 5.69 Å². The Morgan fingerprint density at radius 2 is 1.59 bits per heavy atom. The zero-order valence-corrected chi connectivity index (χ0v) is 23.1. The molecule has 2 aromatic carbocycles. The number of nitrogens with one attached hydrogen (secondary N) is 1. The molecule has 0 bridgehead atoms. The molecule has 6 heteroatoms.